The third kappa shape index (κ3) is 6.19. The van der Waals surface area contributed by atoms with E-state index in [1.165, 1.54) is 12.1 Å². The second-order valence-corrected chi connectivity index (χ2v) is 7.01. The molecule has 0 aromatic heterocycles. The van der Waals surface area contributed by atoms with Crippen LogP contribution in [0.1, 0.15) is 27.9 Å². The zero-order valence-electron chi connectivity index (χ0n) is 14.9. The minimum absolute atomic E-state index is 0.215. The minimum atomic E-state index is -0.635. The van der Waals surface area contributed by atoms with Gasteiger partial charge in [0.05, 0.1) is 0 Å². The van der Waals surface area contributed by atoms with E-state index in [0.717, 1.165) is 11.3 Å². The summed E-state index contributed by atoms with van der Waals surface area (Å²) in [5.74, 6) is -0.153. The molecule has 2 aromatic rings. The van der Waals surface area contributed by atoms with Crippen molar-refractivity contribution in [2.45, 2.75) is 25.9 Å². The molecule has 0 aliphatic heterocycles. The lowest BCUT2D eigenvalue weighted by molar-refractivity contribution is -0.123. The molecule has 2 aromatic carbocycles. The first-order chi connectivity index (χ1) is 12.5. The Morgan fingerprint density at radius 1 is 1.15 bits per heavy atom. The summed E-state index contributed by atoms with van der Waals surface area (Å²) in [5, 5.41) is 5.58. The quantitative estimate of drug-likeness (QED) is 0.745. The van der Waals surface area contributed by atoms with Gasteiger partial charge in [0.15, 0.2) is 0 Å². The van der Waals surface area contributed by atoms with Gasteiger partial charge in [-0.1, -0.05) is 29.8 Å². The van der Waals surface area contributed by atoms with Crippen molar-refractivity contribution in [1.82, 2.24) is 10.6 Å². The lowest BCUT2D eigenvalue weighted by Gasteiger charge is -2.18. The van der Waals surface area contributed by atoms with Crippen LogP contribution in [0, 0.1) is 12.7 Å². The Morgan fingerprint density at radius 2 is 1.92 bits per heavy atom. The molecule has 1 unspecified atom stereocenters. The van der Waals surface area contributed by atoms with E-state index in [9.17, 15) is 14.0 Å². The molecule has 6 heteroatoms. The van der Waals surface area contributed by atoms with Crippen LogP contribution in [0.2, 0.25) is 0 Å². The fraction of sp³-hybridized carbons (Fsp3) is 0.300. The molecule has 0 bridgehead atoms. The first-order valence-corrected chi connectivity index (χ1v) is 9.77. The third-order valence-electron chi connectivity index (χ3n) is 3.87. The second-order valence-electron chi connectivity index (χ2n) is 6.02. The van der Waals surface area contributed by atoms with Crippen LogP contribution in [0.25, 0.3) is 0 Å². The average molecular weight is 374 g/mol. The number of halogens is 1. The summed E-state index contributed by atoms with van der Waals surface area (Å²) in [5.41, 5.74) is 2.18. The van der Waals surface area contributed by atoms with Gasteiger partial charge in [0.1, 0.15) is 11.9 Å². The summed E-state index contributed by atoms with van der Waals surface area (Å²) < 4.78 is 13.2. The first kappa shape index (κ1) is 20.0. The van der Waals surface area contributed by atoms with Gasteiger partial charge in [-0.2, -0.15) is 11.8 Å². The molecule has 0 saturated carbocycles. The van der Waals surface area contributed by atoms with Crippen molar-refractivity contribution < 1.29 is 14.0 Å². The topological polar surface area (TPSA) is 58.2 Å². The summed E-state index contributed by atoms with van der Waals surface area (Å²) in [7, 11) is 0. The predicted octanol–water partition coefficient (Wildman–Crippen LogP) is 3.30. The number of benzene rings is 2. The largest absolute Gasteiger partial charge is 0.350 e. The maximum absolute atomic E-state index is 13.2. The van der Waals surface area contributed by atoms with Crippen LogP contribution < -0.4 is 10.6 Å². The molecule has 26 heavy (non-hydrogen) atoms. The Bertz CT molecular complexity index is 767. The molecule has 2 rings (SSSR count). The van der Waals surface area contributed by atoms with E-state index in [1.807, 2.05) is 25.3 Å². The highest BCUT2D eigenvalue weighted by Gasteiger charge is 2.21. The van der Waals surface area contributed by atoms with Crippen molar-refractivity contribution >= 4 is 23.6 Å². The van der Waals surface area contributed by atoms with Crippen LogP contribution >= 0.6 is 11.8 Å². The smallest absolute Gasteiger partial charge is 0.251 e. The highest BCUT2D eigenvalue weighted by Crippen LogP contribution is 2.08. The molecule has 0 fully saturated rings. The van der Waals surface area contributed by atoms with Crippen molar-refractivity contribution in [2.24, 2.45) is 0 Å². The van der Waals surface area contributed by atoms with Crippen molar-refractivity contribution in [2.75, 3.05) is 12.0 Å². The van der Waals surface area contributed by atoms with Crippen LogP contribution in [0.5, 0.6) is 0 Å². The third-order valence-corrected chi connectivity index (χ3v) is 4.51. The van der Waals surface area contributed by atoms with E-state index in [1.54, 1.807) is 36.0 Å². The van der Waals surface area contributed by atoms with Crippen LogP contribution in [0.3, 0.4) is 0 Å². The van der Waals surface area contributed by atoms with Gasteiger partial charge in [0.2, 0.25) is 5.91 Å². The number of carbonyl (C=O) groups excluding carboxylic acids is 2. The molecule has 0 saturated heterocycles. The summed E-state index contributed by atoms with van der Waals surface area (Å²) in [6, 6.07) is 12.7. The average Bonchev–Trinajstić information content (AvgIpc) is 2.63. The van der Waals surface area contributed by atoms with Gasteiger partial charge in [-0.15, -0.1) is 0 Å². The van der Waals surface area contributed by atoms with Gasteiger partial charge in [-0.05, 0) is 55.2 Å². The summed E-state index contributed by atoms with van der Waals surface area (Å²) in [4.78, 5) is 25.0. The number of aryl methyl sites for hydroxylation is 1. The predicted molar refractivity (Wildman–Crippen MR) is 104 cm³/mol. The molecule has 4 nitrogen and oxygen atoms in total. The second kappa shape index (κ2) is 9.97. The van der Waals surface area contributed by atoms with E-state index in [4.69, 9.17) is 0 Å². The zero-order chi connectivity index (χ0) is 18.9. The van der Waals surface area contributed by atoms with Crippen molar-refractivity contribution in [1.29, 1.82) is 0 Å². The fourth-order valence-electron chi connectivity index (χ4n) is 2.49. The number of amides is 2. The van der Waals surface area contributed by atoms with Gasteiger partial charge in [0.25, 0.3) is 5.91 Å². The van der Waals surface area contributed by atoms with Gasteiger partial charge in [0, 0.05) is 12.1 Å². The van der Waals surface area contributed by atoms with E-state index >= 15 is 0 Å². The van der Waals surface area contributed by atoms with E-state index < -0.39 is 6.04 Å². The molecule has 0 aliphatic carbocycles. The molecule has 0 aliphatic rings. The van der Waals surface area contributed by atoms with Crippen LogP contribution in [-0.4, -0.2) is 29.9 Å². The SMILES string of the molecule is CSCCC(NC(=O)c1cccc(C)c1)C(=O)NCc1cccc(F)c1. The van der Waals surface area contributed by atoms with Gasteiger partial charge < -0.3 is 10.6 Å². The van der Waals surface area contributed by atoms with Crippen molar-refractivity contribution in [3.8, 4) is 0 Å². The van der Waals surface area contributed by atoms with Crippen molar-refractivity contribution in [3.05, 3.63) is 71.0 Å². The summed E-state index contributed by atoms with van der Waals surface area (Å²) >= 11 is 1.61. The molecule has 0 spiro atoms. The molecular formula is C20H23FN2O2S. The van der Waals surface area contributed by atoms with E-state index in [2.05, 4.69) is 10.6 Å². The van der Waals surface area contributed by atoms with Gasteiger partial charge in [-0.25, -0.2) is 4.39 Å². The number of carbonyl (C=O) groups is 2. The number of hydrogen-bond donors (Lipinski definition) is 2. The Kier molecular flexibility index (Phi) is 7.66. The highest BCUT2D eigenvalue weighted by atomic mass is 32.2. The number of thioether (sulfide) groups is 1. The van der Waals surface area contributed by atoms with Crippen molar-refractivity contribution in [3.63, 3.8) is 0 Å². The van der Waals surface area contributed by atoms with Crippen LogP contribution in [-0.2, 0) is 11.3 Å². The first-order valence-electron chi connectivity index (χ1n) is 8.38. The molecule has 0 heterocycles. The van der Waals surface area contributed by atoms with Crippen LogP contribution in [0.4, 0.5) is 4.39 Å². The molecule has 2 amide bonds. The monoisotopic (exact) mass is 374 g/mol. The number of nitrogens with one attached hydrogen (secondary N) is 2. The lowest BCUT2D eigenvalue weighted by atomic mass is 10.1. The highest BCUT2D eigenvalue weighted by molar-refractivity contribution is 7.98. The van der Waals surface area contributed by atoms with Gasteiger partial charge >= 0.3 is 0 Å². The Hall–Kier alpha value is -2.34. The van der Waals surface area contributed by atoms with E-state index in [-0.39, 0.29) is 24.2 Å². The summed E-state index contributed by atoms with van der Waals surface area (Å²) in [6.07, 6.45) is 2.47. The molecule has 138 valence electrons. The maximum Gasteiger partial charge on any atom is 0.251 e. The normalized spacial score (nSPS) is 11.7. The van der Waals surface area contributed by atoms with Gasteiger partial charge in [-0.3, -0.25) is 9.59 Å². The van der Waals surface area contributed by atoms with E-state index in [0.29, 0.717) is 17.5 Å². The maximum atomic E-state index is 13.2. The zero-order valence-corrected chi connectivity index (χ0v) is 15.7. The fourth-order valence-corrected chi connectivity index (χ4v) is 2.96. The molecule has 1 atom stereocenters. The van der Waals surface area contributed by atoms with Crippen LogP contribution in [0.15, 0.2) is 48.5 Å². The summed E-state index contributed by atoms with van der Waals surface area (Å²) in [6.45, 7) is 2.13. The molecule has 2 N–H and O–H groups in total. The minimum Gasteiger partial charge on any atom is -0.350 e. The molecule has 0 radical (unpaired) electrons. The Morgan fingerprint density at radius 3 is 2.62 bits per heavy atom. The lowest BCUT2D eigenvalue weighted by Crippen LogP contribution is -2.46. The standard InChI is InChI=1S/C20H23FN2O2S/c1-14-5-3-7-16(11-14)19(24)23-18(9-10-26-2)20(25)22-13-15-6-4-8-17(21)12-15/h3-8,11-12,18H,9-10,13H2,1-2H3,(H,22,25)(H,23,24). The number of hydrogen-bond acceptors (Lipinski definition) is 3. The Labute approximate surface area is 157 Å². The number of rotatable bonds is 8. The molecular weight excluding hydrogens is 351 g/mol. The Balaban J connectivity index is 2.00.